The number of halogens is 2. The fraction of sp³-hybridized carbons (Fsp3) is 0.231. The minimum absolute atomic E-state index is 0.0191. The Hall–Kier alpha value is -1.69. The SMILES string of the molecule is CCCc1cc(NC(=O)c2cc(Br)ccc2F)n[nH]1. The van der Waals surface area contributed by atoms with Gasteiger partial charge in [-0.05, 0) is 24.6 Å². The lowest BCUT2D eigenvalue weighted by atomic mass is 10.2. The molecule has 2 N–H and O–H groups in total. The van der Waals surface area contributed by atoms with Crippen LogP contribution in [0.15, 0.2) is 28.7 Å². The lowest BCUT2D eigenvalue weighted by molar-refractivity contribution is 0.102. The van der Waals surface area contributed by atoms with Gasteiger partial charge in [-0.2, -0.15) is 5.10 Å². The van der Waals surface area contributed by atoms with Crippen LogP contribution in [0.25, 0.3) is 0 Å². The number of carbonyl (C=O) groups is 1. The molecule has 1 aromatic heterocycles. The van der Waals surface area contributed by atoms with Gasteiger partial charge in [0.25, 0.3) is 5.91 Å². The van der Waals surface area contributed by atoms with Crippen molar-refractivity contribution in [1.29, 1.82) is 0 Å². The van der Waals surface area contributed by atoms with Crippen LogP contribution in [0, 0.1) is 5.82 Å². The molecule has 2 rings (SSSR count). The van der Waals surface area contributed by atoms with E-state index in [4.69, 9.17) is 0 Å². The van der Waals surface area contributed by atoms with Crippen LogP contribution in [0.2, 0.25) is 0 Å². The van der Waals surface area contributed by atoms with E-state index in [-0.39, 0.29) is 5.56 Å². The second-order valence-corrected chi connectivity index (χ2v) is 5.02. The molecule has 2 aromatic rings. The molecule has 0 atom stereocenters. The van der Waals surface area contributed by atoms with E-state index < -0.39 is 11.7 Å². The normalized spacial score (nSPS) is 10.5. The summed E-state index contributed by atoms with van der Waals surface area (Å²) in [6.07, 6.45) is 1.84. The number of carbonyl (C=O) groups excluding carboxylic acids is 1. The quantitative estimate of drug-likeness (QED) is 0.903. The van der Waals surface area contributed by atoms with Crippen molar-refractivity contribution in [1.82, 2.24) is 10.2 Å². The van der Waals surface area contributed by atoms with Crippen LogP contribution in [0.1, 0.15) is 29.4 Å². The number of amides is 1. The maximum atomic E-state index is 13.5. The number of rotatable bonds is 4. The molecule has 0 saturated carbocycles. The lowest BCUT2D eigenvalue weighted by Crippen LogP contribution is -2.14. The highest BCUT2D eigenvalue weighted by molar-refractivity contribution is 9.10. The molecule has 0 aliphatic heterocycles. The van der Waals surface area contributed by atoms with E-state index in [0.29, 0.717) is 10.3 Å². The third kappa shape index (κ3) is 3.41. The van der Waals surface area contributed by atoms with E-state index in [1.54, 1.807) is 12.1 Å². The number of hydrogen-bond donors (Lipinski definition) is 2. The Morgan fingerprint density at radius 1 is 1.47 bits per heavy atom. The zero-order valence-electron chi connectivity index (χ0n) is 10.3. The van der Waals surface area contributed by atoms with E-state index in [0.717, 1.165) is 18.5 Å². The van der Waals surface area contributed by atoms with Gasteiger partial charge in [0, 0.05) is 16.2 Å². The van der Waals surface area contributed by atoms with Gasteiger partial charge in [0.1, 0.15) is 5.82 Å². The maximum absolute atomic E-state index is 13.5. The molecule has 0 spiro atoms. The Balaban J connectivity index is 2.13. The molecule has 1 amide bonds. The number of nitrogens with zero attached hydrogens (tertiary/aromatic N) is 1. The van der Waals surface area contributed by atoms with Crippen LogP contribution >= 0.6 is 15.9 Å². The number of nitrogens with one attached hydrogen (secondary N) is 2. The number of aromatic amines is 1. The molecule has 100 valence electrons. The monoisotopic (exact) mass is 325 g/mol. The molecule has 19 heavy (non-hydrogen) atoms. The van der Waals surface area contributed by atoms with E-state index >= 15 is 0 Å². The number of benzene rings is 1. The second-order valence-electron chi connectivity index (χ2n) is 4.11. The number of hydrogen-bond acceptors (Lipinski definition) is 2. The van der Waals surface area contributed by atoms with Gasteiger partial charge in [-0.25, -0.2) is 4.39 Å². The average Bonchev–Trinajstić information content (AvgIpc) is 2.80. The Labute approximate surface area is 118 Å². The number of H-pyrrole nitrogens is 1. The van der Waals surface area contributed by atoms with Crippen molar-refractivity contribution in [2.45, 2.75) is 19.8 Å². The summed E-state index contributed by atoms with van der Waals surface area (Å²) in [6, 6.07) is 5.97. The maximum Gasteiger partial charge on any atom is 0.259 e. The van der Waals surface area contributed by atoms with E-state index in [9.17, 15) is 9.18 Å². The predicted molar refractivity (Wildman–Crippen MR) is 74.6 cm³/mol. The van der Waals surface area contributed by atoms with Gasteiger partial charge in [0.05, 0.1) is 5.56 Å². The average molecular weight is 326 g/mol. The minimum Gasteiger partial charge on any atom is -0.305 e. The third-order valence-corrected chi connectivity index (χ3v) is 3.06. The Kier molecular flexibility index (Phi) is 4.31. The van der Waals surface area contributed by atoms with Gasteiger partial charge in [-0.3, -0.25) is 9.89 Å². The molecule has 0 saturated heterocycles. The molecule has 6 heteroatoms. The fourth-order valence-electron chi connectivity index (χ4n) is 1.68. The smallest absolute Gasteiger partial charge is 0.259 e. The number of aromatic nitrogens is 2. The van der Waals surface area contributed by atoms with Gasteiger partial charge in [-0.15, -0.1) is 0 Å². The van der Waals surface area contributed by atoms with Gasteiger partial charge in [0.15, 0.2) is 5.82 Å². The first-order valence-corrected chi connectivity index (χ1v) is 6.70. The molecule has 4 nitrogen and oxygen atoms in total. The summed E-state index contributed by atoms with van der Waals surface area (Å²) in [5, 5.41) is 9.35. The predicted octanol–water partition coefficient (Wildman–Crippen LogP) is 3.52. The van der Waals surface area contributed by atoms with Crippen molar-refractivity contribution in [3.8, 4) is 0 Å². The second kappa shape index (κ2) is 5.97. The first-order chi connectivity index (χ1) is 9.10. The standard InChI is InChI=1S/C13H13BrFN3O/c1-2-3-9-7-12(18-17-9)16-13(19)10-6-8(14)4-5-11(10)15/h4-7H,2-3H2,1H3,(H2,16,17,18,19). The molecule has 0 aliphatic carbocycles. The highest BCUT2D eigenvalue weighted by atomic mass is 79.9. The fourth-order valence-corrected chi connectivity index (χ4v) is 2.04. The van der Waals surface area contributed by atoms with Crippen LogP contribution < -0.4 is 5.32 Å². The van der Waals surface area contributed by atoms with Crippen molar-refractivity contribution < 1.29 is 9.18 Å². The van der Waals surface area contributed by atoms with Crippen molar-refractivity contribution >= 4 is 27.7 Å². The number of aryl methyl sites for hydroxylation is 1. The van der Waals surface area contributed by atoms with Crippen molar-refractivity contribution in [2.24, 2.45) is 0 Å². The molecule has 0 unspecified atom stereocenters. The molecule has 0 aliphatic rings. The molecular weight excluding hydrogens is 313 g/mol. The van der Waals surface area contributed by atoms with Gasteiger partial charge in [-0.1, -0.05) is 29.3 Å². The van der Waals surface area contributed by atoms with Crippen molar-refractivity contribution in [3.05, 3.63) is 45.8 Å². The van der Waals surface area contributed by atoms with Crippen LogP contribution in [0.5, 0.6) is 0 Å². The van der Waals surface area contributed by atoms with Crippen LogP contribution in [-0.4, -0.2) is 16.1 Å². The van der Waals surface area contributed by atoms with E-state index in [2.05, 4.69) is 38.4 Å². The van der Waals surface area contributed by atoms with Crippen molar-refractivity contribution in [2.75, 3.05) is 5.32 Å². The first kappa shape index (κ1) is 13.7. The van der Waals surface area contributed by atoms with E-state index in [1.165, 1.54) is 12.1 Å². The highest BCUT2D eigenvalue weighted by Gasteiger charge is 2.13. The summed E-state index contributed by atoms with van der Waals surface area (Å²) in [5.74, 6) is -0.689. The van der Waals surface area contributed by atoms with Crippen molar-refractivity contribution in [3.63, 3.8) is 0 Å². The van der Waals surface area contributed by atoms with Gasteiger partial charge in [0.2, 0.25) is 0 Å². The Morgan fingerprint density at radius 2 is 2.26 bits per heavy atom. The topological polar surface area (TPSA) is 57.8 Å². The van der Waals surface area contributed by atoms with E-state index in [1.807, 2.05) is 0 Å². The zero-order valence-corrected chi connectivity index (χ0v) is 11.9. The largest absolute Gasteiger partial charge is 0.305 e. The molecule has 1 aromatic carbocycles. The molecule has 0 fully saturated rings. The summed E-state index contributed by atoms with van der Waals surface area (Å²) in [7, 11) is 0. The Bertz CT molecular complexity index is 597. The molecule has 0 radical (unpaired) electrons. The van der Waals surface area contributed by atoms with Gasteiger partial charge >= 0.3 is 0 Å². The molecule has 1 heterocycles. The first-order valence-electron chi connectivity index (χ1n) is 5.91. The minimum atomic E-state index is -0.565. The van der Waals surface area contributed by atoms with Crippen LogP contribution in [0.3, 0.4) is 0 Å². The highest BCUT2D eigenvalue weighted by Crippen LogP contribution is 2.17. The summed E-state index contributed by atoms with van der Waals surface area (Å²) in [5.41, 5.74) is 0.918. The lowest BCUT2D eigenvalue weighted by Gasteiger charge is -2.03. The van der Waals surface area contributed by atoms with Gasteiger partial charge < -0.3 is 5.32 Å². The Morgan fingerprint density at radius 3 is 3.00 bits per heavy atom. The molecule has 0 bridgehead atoms. The third-order valence-electron chi connectivity index (χ3n) is 2.56. The van der Waals surface area contributed by atoms with Crippen LogP contribution in [-0.2, 0) is 6.42 Å². The molecular formula is C13H13BrFN3O. The summed E-state index contributed by atoms with van der Waals surface area (Å²) < 4.78 is 14.2. The number of anilines is 1. The summed E-state index contributed by atoms with van der Waals surface area (Å²) >= 11 is 3.21. The zero-order chi connectivity index (χ0) is 13.8. The summed E-state index contributed by atoms with van der Waals surface area (Å²) in [6.45, 7) is 2.05. The summed E-state index contributed by atoms with van der Waals surface area (Å²) in [4.78, 5) is 11.9. The van der Waals surface area contributed by atoms with Crippen LogP contribution in [0.4, 0.5) is 10.2 Å².